The first-order valence-corrected chi connectivity index (χ1v) is 7.12. The summed E-state index contributed by atoms with van der Waals surface area (Å²) in [5, 5.41) is 3.41. The van der Waals surface area contributed by atoms with Gasteiger partial charge in [-0.05, 0) is 60.3 Å². The molecule has 1 fully saturated rings. The molecule has 5 heteroatoms. The number of imidazole rings is 1. The number of rotatable bonds is 3. The minimum Gasteiger partial charge on any atom is -0.353 e. The molecule has 1 aliphatic carbocycles. The Balaban J connectivity index is 2.07. The van der Waals surface area contributed by atoms with Crippen molar-refractivity contribution in [3.8, 4) is 5.69 Å². The van der Waals surface area contributed by atoms with Gasteiger partial charge in [0.05, 0.1) is 15.9 Å². The number of nitrogens with zero attached hydrogens (tertiary/aromatic N) is 2. The van der Waals surface area contributed by atoms with Crippen molar-refractivity contribution in [3.05, 3.63) is 39.9 Å². The highest BCUT2D eigenvalue weighted by Crippen LogP contribution is 2.29. The van der Waals surface area contributed by atoms with Crippen molar-refractivity contribution in [2.24, 2.45) is 0 Å². The third kappa shape index (κ3) is 2.52. The van der Waals surface area contributed by atoms with Crippen molar-refractivity contribution in [2.75, 3.05) is 5.32 Å². The maximum Gasteiger partial charge on any atom is 0.207 e. The molecule has 0 bridgehead atoms. The number of hydrogen-bond acceptors (Lipinski definition) is 2. The second-order valence-electron chi connectivity index (χ2n) is 5.05. The molecule has 0 unspecified atom stereocenters. The Kier molecular flexibility index (Phi) is 3.09. The van der Waals surface area contributed by atoms with Crippen LogP contribution in [0.4, 0.5) is 10.3 Å². The molecule has 1 saturated carbocycles. The van der Waals surface area contributed by atoms with Gasteiger partial charge in [0.1, 0.15) is 5.82 Å². The Labute approximate surface area is 120 Å². The van der Waals surface area contributed by atoms with Crippen LogP contribution >= 0.6 is 15.9 Å². The zero-order valence-electron chi connectivity index (χ0n) is 10.9. The Hall–Kier alpha value is -1.36. The molecule has 1 N–H and O–H groups in total. The predicted octanol–water partition coefficient (Wildman–Crippen LogP) is 3.97. The topological polar surface area (TPSA) is 29.9 Å². The third-order valence-corrected chi connectivity index (χ3v) is 3.84. The fourth-order valence-electron chi connectivity index (χ4n) is 2.09. The molecule has 0 radical (unpaired) electrons. The third-order valence-electron chi connectivity index (χ3n) is 3.24. The zero-order chi connectivity index (χ0) is 13.6. The lowest BCUT2D eigenvalue weighted by Crippen LogP contribution is -2.08. The number of benzene rings is 1. The Morgan fingerprint density at radius 1 is 1.37 bits per heavy atom. The maximum absolute atomic E-state index is 13.5. The van der Waals surface area contributed by atoms with Gasteiger partial charge in [0.25, 0.3) is 0 Å². The molecule has 3 rings (SSSR count). The predicted molar refractivity (Wildman–Crippen MR) is 77.3 cm³/mol. The van der Waals surface area contributed by atoms with Gasteiger partial charge in [-0.1, -0.05) is 0 Å². The summed E-state index contributed by atoms with van der Waals surface area (Å²) in [6.45, 7) is 3.86. The number of hydrogen-bond donors (Lipinski definition) is 1. The van der Waals surface area contributed by atoms with E-state index in [2.05, 4.69) is 26.2 Å². The fourth-order valence-corrected chi connectivity index (χ4v) is 2.42. The minimum atomic E-state index is -0.241. The molecule has 2 aromatic rings. The van der Waals surface area contributed by atoms with E-state index in [9.17, 15) is 4.39 Å². The molecule has 0 aliphatic heterocycles. The lowest BCUT2D eigenvalue weighted by molar-refractivity contribution is 0.619. The van der Waals surface area contributed by atoms with E-state index in [4.69, 9.17) is 0 Å². The van der Waals surface area contributed by atoms with E-state index in [1.807, 2.05) is 24.6 Å². The molecule has 1 aromatic carbocycles. The zero-order valence-corrected chi connectivity index (χ0v) is 12.5. The van der Waals surface area contributed by atoms with Gasteiger partial charge in [0.2, 0.25) is 5.95 Å². The van der Waals surface area contributed by atoms with Gasteiger partial charge >= 0.3 is 0 Å². The van der Waals surface area contributed by atoms with Crippen molar-refractivity contribution in [1.29, 1.82) is 0 Å². The Morgan fingerprint density at radius 2 is 2.11 bits per heavy atom. The maximum atomic E-state index is 13.5. The number of halogens is 2. The van der Waals surface area contributed by atoms with E-state index in [0.717, 1.165) is 22.9 Å². The van der Waals surface area contributed by atoms with E-state index in [0.29, 0.717) is 10.5 Å². The second kappa shape index (κ2) is 4.63. The molecular formula is C14H15BrFN3. The highest BCUT2D eigenvalue weighted by atomic mass is 79.9. The van der Waals surface area contributed by atoms with Gasteiger partial charge in [-0.3, -0.25) is 4.57 Å². The van der Waals surface area contributed by atoms with Gasteiger partial charge < -0.3 is 5.32 Å². The second-order valence-corrected chi connectivity index (χ2v) is 5.90. The van der Waals surface area contributed by atoms with Crippen LogP contribution in [0.2, 0.25) is 0 Å². The highest BCUT2D eigenvalue weighted by molar-refractivity contribution is 9.10. The van der Waals surface area contributed by atoms with E-state index >= 15 is 0 Å². The molecule has 19 heavy (non-hydrogen) atoms. The average molecular weight is 324 g/mol. The molecule has 3 nitrogen and oxygen atoms in total. The summed E-state index contributed by atoms with van der Waals surface area (Å²) in [7, 11) is 0. The van der Waals surface area contributed by atoms with Gasteiger partial charge in [-0.2, -0.15) is 0 Å². The molecule has 1 aromatic heterocycles. The quantitative estimate of drug-likeness (QED) is 0.926. The smallest absolute Gasteiger partial charge is 0.207 e. The van der Waals surface area contributed by atoms with Crippen LogP contribution in [0.5, 0.6) is 0 Å². The van der Waals surface area contributed by atoms with Crippen LogP contribution < -0.4 is 5.32 Å². The summed E-state index contributed by atoms with van der Waals surface area (Å²) in [5.41, 5.74) is 2.77. The van der Waals surface area contributed by atoms with Crippen molar-refractivity contribution in [2.45, 2.75) is 32.7 Å². The summed E-state index contributed by atoms with van der Waals surface area (Å²) >= 11 is 3.24. The molecule has 0 amide bonds. The summed E-state index contributed by atoms with van der Waals surface area (Å²) in [5.74, 6) is 0.594. The van der Waals surface area contributed by atoms with Crippen LogP contribution in [-0.2, 0) is 0 Å². The van der Waals surface area contributed by atoms with Gasteiger partial charge in [0, 0.05) is 12.2 Å². The summed E-state index contributed by atoms with van der Waals surface area (Å²) in [6.07, 6.45) is 4.35. The molecule has 1 heterocycles. The summed E-state index contributed by atoms with van der Waals surface area (Å²) in [4.78, 5) is 4.50. The lowest BCUT2D eigenvalue weighted by Gasteiger charge is -2.12. The van der Waals surface area contributed by atoms with Crippen molar-refractivity contribution >= 4 is 21.9 Å². The first kappa shape index (κ1) is 12.7. The molecule has 0 atom stereocenters. The normalized spacial score (nSPS) is 14.7. The van der Waals surface area contributed by atoms with Crippen molar-refractivity contribution in [1.82, 2.24) is 9.55 Å². The molecule has 0 saturated heterocycles. The van der Waals surface area contributed by atoms with Crippen LogP contribution in [0.3, 0.4) is 0 Å². The van der Waals surface area contributed by atoms with E-state index in [-0.39, 0.29) is 5.82 Å². The Morgan fingerprint density at radius 3 is 2.79 bits per heavy atom. The average Bonchev–Trinajstić information content (AvgIpc) is 3.07. The van der Waals surface area contributed by atoms with E-state index in [1.54, 1.807) is 6.07 Å². The SMILES string of the molecule is Cc1cn(-c2cc(Br)c(F)cc2C)c(NC2CC2)n1. The molecule has 1 aliphatic rings. The minimum absolute atomic E-state index is 0.241. The molecular weight excluding hydrogens is 309 g/mol. The van der Waals surface area contributed by atoms with E-state index in [1.165, 1.54) is 18.9 Å². The van der Waals surface area contributed by atoms with Crippen LogP contribution in [0, 0.1) is 19.7 Å². The first-order valence-electron chi connectivity index (χ1n) is 6.33. The van der Waals surface area contributed by atoms with Crippen molar-refractivity contribution in [3.63, 3.8) is 0 Å². The van der Waals surface area contributed by atoms with Crippen LogP contribution in [0.15, 0.2) is 22.8 Å². The monoisotopic (exact) mass is 323 g/mol. The number of aromatic nitrogens is 2. The molecule has 100 valence electrons. The first-order chi connectivity index (χ1) is 9.04. The fraction of sp³-hybridized carbons (Fsp3) is 0.357. The summed E-state index contributed by atoms with van der Waals surface area (Å²) < 4.78 is 16.0. The lowest BCUT2D eigenvalue weighted by atomic mass is 10.2. The van der Waals surface area contributed by atoms with E-state index < -0.39 is 0 Å². The number of anilines is 1. The largest absolute Gasteiger partial charge is 0.353 e. The van der Waals surface area contributed by atoms with Crippen molar-refractivity contribution < 1.29 is 4.39 Å². The highest BCUT2D eigenvalue weighted by Gasteiger charge is 2.23. The van der Waals surface area contributed by atoms with Gasteiger partial charge in [-0.25, -0.2) is 9.37 Å². The van der Waals surface area contributed by atoms with Crippen LogP contribution in [-0.4, -0.2) is 15.6 Å². The van der Waals surface area contributed by atoms with Gasteiger partial charge in [-0.15, -0.1) is 0 Å². The standard InChI is InChI=1S/C14H15BrFN3/c1-8-5-12(16)11(15)6-13(8)19-7-9(2)17-14(19)18-10-3-4-10/h5-7,10H,3-4H2,1-2H3,(H,17,18). The van der Waals surface area contributed by atoms with Crippen LogP contribution in [0.25, 0.3) is 5.69 Å². The molecule has 0 spiro atoms. The number of aryl methyl sites for hydroxylation is 2. The van der Waals surface area contributed by atoms with Crippen LogP contribution in [0.1, 0.15) is 24.1 Å². The Bertz CT molecular complexity index is 632. The van der Waals surface area contributed by atoms with Gasteiger partial charge in [0.15, 0.2) is 0 Å². The summed E-state index contributed by atoms with van der Waals surface area (Å²) in [6, 6.07) is 3.87. The number of nitrogens with one attached hydrogen (secondary N) is 1.